The summed E-state index contributed by atoms with van der Waals surface area (Å²) in [5.74, 6) is 0. The van der Waals surface area contributed by atoms with Gasteiger partial charge in [-0.25, -0.2) is 4.21 Å². The summed E-state index contributed by atoms with van der Waals surface area (Å²) in [6, 6.07) is 0. The van der Waals surface area contributed by atoms with Crippen LogP contribution >= 0.6 is 0 Å². The van der Waals surface area contributed by atoms with Crippen LogP contribution in [0, 0.1) is 69.2 Å². The summed E-state index contributed by atoms with van der Waals surface area (Å²) >= 11 is 0. The zero-order valence-corrected chi connectivity index (χ0v) is 17.6. The fourth-order valence-electron chi connectivity index (χ4n) is 3.59. The summed E-state index contributed by atoms with van der Waals surface area (Å²) in [5, 5.41) is 0. The second-order valence-corrected chi connectivity index (χ2v) is 8.53. The Labute approximate surface area is 150 Å². The van der Waals surface area contributed by atoms with Crippen LogP contribution in [0.25, 0.3) is 0 Å². The molecule has 2 heteroatoms. The average Bonchev–Trinajstić information content (AvgIpc) is 2.55. The Hall–Kier alpha value is -1.41. The summed E-state index contributed by atoms with van der Waals surface area (Å²) < 4.78 is 13.7. The molecule has 130 valence electrons. The van der Waals surface area contributed by atoms with Gasteiger partial charge >= 0.3 is 0 Å². The van der Waals surface area contributed by atoms with E-state index >= 15 is 0 Å². The van der Waals surface area contributed by atoms with Gasteiger partial charge in [-0.1, -0.05) is 0 Å². The lowest BCUT2D eigenvalue weighted by Crippen LogP contribution is -2.10. The topological polar surface area (TPSA) is 17.1 Å². The van der Waals surface area contributed by atoms with Crippen molar-refractivity contribution < 1.29 is 4.21 Å². The number of hydrogen-bond acceptors (Lipinski definition) is 1. The SMILES string of the molecule is Cc1c(C)c(C)c(S(=O)c2c(C)c(C)c(C)c(C)c2C)c(C)c1C. The molecule has 2 aromatic rings. The fraction of sp³-hybridized carbons (Fsp3) is 0.455. The maximum atomic E-state index is 13.7. The van der Waals surface area contributed by atoms with Crippen LogP contribution in [0.1, 0.15) is 55.6 Å². The molecule has 0 fully saturated rings. The molecule has 2 rings (SSSR count). The number of benzene rings is 2. The van der Waals surface area contributed by atoms with E-state index in [4.69, 9.17) is 0 Å². The van der Waals surface area contributed by atoms with Crippen molar-refractivity contribution >= 4 is 10.8 Å². The van der Waals surface area contributed by atoms with E-state index in [-0.39, 0.29) is 0 Å². The van der Waals surface area contributed by atoms with Crippen molar-refractivity contribution in [3.05, 3.63) is 55.6 Å². The predicted octanol–water partition coefficient (Wildman–Crippen LogP) is 5.94. The molecular weight excluding hydrogens is 312 g/mol. The lowest BCUT2D eigenvalue weighted by molar-refractivity contribution is 0.680. The monoisotopic (exact) mass is 342 g/mol. The summed E-state index contributed by atoms with van der Waals surface area (Å²) in [6.45, 7) is 21.3. The molecular formula is C22H30OS. The molecule has 0 aliphatic carbocycles. The van der Waals surface area contributed by atoms with Gasteiger partial charge in [-0.2, -0.15) is 0 Å². The minimum absolute atomic E-state index is 1.00. The Kier molecular flexibility index (Phi) is 5.11. The molecule has 0 N–H and O–H groups in total. The molecule has 0 amide bonds. The first-order chi connectivity index (χ1) is 11.0. The smallest absolute Gasteiger partial charge is 0.0860 e. The van der Waals surface area contributed by atoms with Crippen LogP contribution in [-0.4, -0.2) is 4.21 Å². The van der Waals surface area contributed by atoms with Crippen molar-refractivity contribution in [3.8, 4) is 0 Å². The van der Waals surface area contributed by atoms with Gasteiger partial charge in [0, 0.05) is 0 Å². The van der Waals surface area contributed by atoms with E-state index in [1.807, 2.05) is 0 Å². The predicted molar refractivity (Wildman–Crippen MR) is 105 cm³/mol. The Morgan fingerprint density at radius 1 is 0.375 bits per heavy atom. The highest BCUT2D eigenvalue weighted by molar-refractivity contribution is 7.85. The second-order valence-electron chi connectivity index (χ2n) is 7.18. The van der Waals surface area contributed by atoms with Gasteiger partial charge in [0.25, 0.3) is 0 Å². The van der Waals surface area contributed by atoms with E-state index in [0.29, 0.717) is 0 Å². The first-order valence-electron chi connectivity index (χ1n) is 8.57. The Bertz CT molecular complexity index is 743. The van der Waals surface area contributed by atoms with Gasteiger partial charge in [0.15, 0.2) is 0 Å². The Balaban J connectivity index is 2.87. The summed E-state index contributed by atoms with van der Waals surface area (Å²) in [6.07, 6.45) is 0. The number of hydrogen-bond donors (Lipinski definition) is 0. The van der Waals surface area contributed by atoms with Crippen LogP contribution in [0.5, 0.6) is 0 Å². The largest absolute Gasteiger partial charge is 0.249 e. The van der Waals surface area contributed by atoms with Crippen LogP contribution in [0.15, 0.2) is 9.79 Å². The lowest BCUT2D eigenvalue weighted by Gasteiger charge is -2.22. The maximum absolute atomic E-state index is 13.7. The Morgan fingerprint density at radius 3 is 0.750 bits per heavy atom. The maximum Gasteiger partial charge on any atom is 0.0860 e. The lowest BCUT2D eigenvalue weighted by atomic mass is 9.95. The minimum Gasteiger partial charge on any atom is -0.249 e. The van der Waals surface area contributed by atoms with Gasteiger partial charge in [0.1, 0.15) is 0 Å². The number of rotatable bonds is 2. The van der Waals surface area contributed by atoms with Crippen LogP contribution in [-0.2, 0) is 10.8 Å². The molecule has 0 heterocycles. The van der Waals surface area contributed by atoms with Crippen molar-refractivity contribution in [2.45, 2.75) is 79.0 Å². The van der Waals surface area contributed by atoms with Crippen LogP contribution in [0.2, 0.25) is 0 Å². The van der Waals surface area contributed by atoms with Gasteiger partial charge < -0.3 is 0 Å². The Morgan fingerprint density at radius 2 is 0.542 bits per heavy atom. The summed E-state index contributed by atoms with van der Waals surface area (Å²) in [7, 11) is -1.15. The van der Waals surface area contributed by atoms with E-state index in [1.165, 1.54) is 55.6 Å². The van der Waals surface area contributed by atoms with Gasteiger partial charge in [0.2, 0.25) is 0 Å². The zero-order chi connectivity index (χ0) is 18.5. The van der Waals surface area contributed by atoms with E-state index in [9.17, 15) is 4.21 Å². The fourth-order valence-corrected chi connectivity index (χ4v) is 5.52. The van der Waals surface area contributed by atoms with Crippen molar-refractivity contribution in [1.82, 2.24) is 0 Å². The van der Waals surface area contributed by atoms with E-state index in [2.05, 4.69) is 69.2 Å². The van der Waals surface area contributed by atoms with Crippen molar-refractivity contribution in [3.63, 3.8) is 0 Å². The molecule has 0 spiro atoms. The summed E-state index contributed by atoms with van der Waals surface area (Å²) in [4.78, 5) is 2.01. The average molecular weight is 343 g/mol. The normalized spacial score (nSPS) is 11.5. The van der Waals surface area contributed by atoms with Crippen LogP contribution < -0.4 is 0 Å². The molecule has 1 nitrogen and oxygen atoms in total. The zero-order valence-electron chi connectivity index (χ0n) is 16.8. The van der Waals surface area contributed by atoms with Gasteiger partial charge in [0.05, 0.1) is 20.6 Å². The van der Waals surface area contributed by atoms with Gasteiger partial charge in [-0.15, -0.1) is 0 Å². The standard InChI is InChI=1S/C22H30OS/c1-11-13(3)17(7)21(18(8)14(11)4)24(23)22-19(9)15(5)12(2)16(6)20(22)10/h1-10H3. The molecule has 0 aromatic heterocycles. The third-order valence-electron chi connectivity index (χ3n) is 6.23. The van der Waals surface area contributed by atoms with E-state index in [1.54, 1.807) is 0 Å². The molecule has 0 saturated carbocycles. The highest BCUT2D eigenvalue weighted by Gasteiger charge is 2.23. The third kappa shape index (κ3) is 2.65. The molecule has 0 unspecified atom stereocenters. The van der Waals surface area contributed by atoms with Gasteiger partial charge in [-0.05, 0) is 125 Å². The quantitative estimate of drug-likeness (QED) is 0.660. The third-order valence-corrected chi connectivity index (χ3v) is 8.20. The van der Waals surface area contributed by atoms with E-state index in [0.717, 1.165) is 9.79 Å². The van der Waals surface area contributed by atoms with Crippen molar-refractivity contribution in [2.75, 3.05) is 0 Å². The molecule has 0 bridgehead atoms. The first kappa shape index (κ1) is 18.9. The first-order valence-corrected chi connectivity index (χ1v) is 9.72. The van der Waals surface area contributed by atoms with Gasteiger partial charge in [-0.3, -0.25) is 0 Å². The molecule has 0 atom stereocenters. The summed E-state index contributed by atoms with van der Waals surface area (Å²) in [5.41, 5.74) is 12.4. The highest BCUT2D eigenvalue weighted by atomic mass is 32.2. The van der Waals surface area contributed by atoms with E-state index < -0.39 is 10.8 Å². The molecule has 0 aliphatic rings. The van der Waals surface area contributed by atoms with Crippen molar-refractivity contribution in [2.24, 2.45) is 0 Å². The molecule has 24 heavy (non-hydrogen) atoms. The molecule has 2 aromatic carbocycles. The van der Waals surface area contributed by atoms with Crippen LogP contribution in [0.4, 0.5) is 0 Å². The second kappa shape index (κ2) is 6.48. The molecule has 0 saturated heterocycles. The molecule has 0 radical (unpaired) electrons. The molecule has 0 aliphatic heterocycles. The highest BCUT2D eigenvalue weighted by Crippen LogP contribution is 2.35. The van der Waals surface area contributed by atoms with Crippen LogP contribution in [0.3, 0.4) is 0 Å². The minimum atomic E-state index is -1.15. The van der Waals surface area contributed by atoms with Crippen molar-refractivity contribution in [1.29, 1.82) is 0 Å².